The van der Waals surface area contributed by atoms with Crippen LogP contribution in [-0.2, 0) is 4.79 Å². The van der Waals surface area contributed by atoms with Crippen LogP contribution in [-0.4, -0.2) is 59.7 Å². The Morgan fingerprint density at radius 1 is 1.09 bits per heavy atom. The van der Waals surface area contributed by atoms with Gasteiger partial charge < -0.3 is 25.4 Å². The van der Waals surface area contributed by atoms with Crippen LogP contribution in [0.25, 0.3) is 0 Å². The zero-order valence-corrected chi connectivity index (χ0v) is 19.1. The number of hydrogen-bond donors (Lipinski definition) is 3. The molecule has 0 saturated carbocycles. The molecule has 0 bridgehead atoms. The lowest BCUT2D eigenvalue weighted by atomic mass is 10.1. The largest absolute Gasteiger partial charge is 0.491 e. The Morgan fingerprint density at radius 3 is 2.82 bits per heavy atom. The van der Waals surface area contributed by atoms with E-state index < -0.39 is 0 Å². The van der Waals surface area contributed by atoms with E-state index >= 15 is 0 Å². The molecule has 1 aromatic heterocycles. The monoisotopic (exact) mass is 454 g/mol. The molecule has 8 nitrogen and oxygen atoms in total. The Balaban J connectivity index is 1.77. The molecular formula is C25H34N4O4. The van der Waals surface area contributed by atoms with Gasteiger partial charge in [0.15, 0.2) is 0 Å². The minimum absolute atomic E-state index is 0.00681. The second-order valence-electron chi connectivity index (χ2n) is 8.14. The van der Waals surface area contributed by atoms with Crippen LogP contribution in [0.15, 0.2) is 42.6 Å². The van der Waals surface area contributed by atoms with E-state index in [-0.39, 0.29) is 25.0 Å². The van der Waals surface area contributed by atoms with Gasteiger partial charge in [-0.05, 0) is 56.4 Å². The molecule has 0 aliphatic carbocycles. The van der Waals surface area contributed by atoms with Crippen LogP contribution in [0, 0.1) is 0 Å². The van der Waals surface area contributed by atoms with E-state index in [4.69, 9.17) is 9.84 Å². The normalized spacial score (nSPS) is 14.8. The average molecular weight is 455 g/mol. The van der Waals surface area contributed by atoms with Crippen LogP contribution in [0.1, 0.15) is 55.3 Å². The lowest BCUT2D eigenvalue weighted by molar-refractivity contribution is -0.121. The molecule has 1 aromatic carbocycles. The predicted octanol–water partition coefficient (Wildman–Crippen LogP) is 3.50. The Bertz CT molecular complexity index is 905. The van der Waals surface area contributed by atoms with Crippen molar-refractivity contribution >= 4 is 23.3 Å². The maximum Gasteiger partial charge on any atom is 0.258 e. The fourth-order valence-corrected chi connectivity index (χ4v) is 3.73. The number of aliphatic hydroxyl groups excluding tert-OH is 1. The third-order valence-corrected chi connectivity index (χ3v) is 5.54. The van der Waals surface area contributed by atoms with Crippen molar-refractivity contribution in [2.24, 2.45) is 0 Å². The number of para-hydroxylation sites is 2. The number of ether oxygens (including phenoxy) is 1. The summed E-state index contributed by atoms with van der Waals surface area (Å²) in [6.07, 6.45) is 7.71. The molecule has 2 amide bonds. The smallest absolute Gasteiger partial charge is 0.258 e. The fraction of sp³-hybridized carbons (Fsp3) is 0.480. The van der Waals surface area contributed by atoms with Gasteiger partial charge in [0.25, 0.3) is 5.91 Å². The second kappa shape index (κ2) is 13.4. The van der Waals surface area contributed by atoms with Gasteiger partial charge in [0.05, 0.1) is 24.4 Å². The van der Waals surface area contributed by atoms with E-state index in [0.29, 0.717) is 31.1 Å². The molecule has 1 aliphatic rings. The number of rotatable bonds is 7. The van der Waals surface area contributed by atoms with E-state index in [1.165, 1.54) is 0 Å². The first kappa shape index (κ1) is 24.5. The highest BCUT2D eigenvalue weighted by Gasteiger charge is 2.22. The standard InChI is InChI=1S/C25H34N4O4/c30-17-8-3-6-14-26-23(31)19-29-16-7-1-2-9-18-33-22-13-5-4-12-21(22)28-24-20(25(29)32)11-10-15-27-24/h4-5,10-13,15,30H,1-3,6-9,14,16-19H2,(H,26,31)(H,27,28). The van der Waals surface area contributed by atoms with Crippen LogP contribution < -0.4 is 15.4 Å². The molecule has 178 valence electrons. The molecule has 0 unspecified atom stereocenters. The SMILES string of the molecule is O=C(CN1CCCCCCOc2ccccc2Nc2ncccc2C1=O)NCCCCCO. The number of aromatic nitrogens is 1. The number of aliphatic hydroxyl groups is 1. The van der Waals surface area contributed by atoms with Gasteiger partial charge in [-0.1, -0.05) is 25.0 Å². The molecule has 0 spiro atoms. The molecule has 0 radical (unpaired) electrons. The van der Waals surface area contributed by atoms with Crippen molar-refractivity contribution in [3.63, 3.8) is 0 Å². The van der Waals surface area contributed by atoms with Crippen LogP contribution in [0.5, 0.6) is 5.75 Å². The van der Waals surface area contributed by atoms with Gasteiger partial charge in [-0.15, -0.1) is 0 Å². The summed E-state index contributed by atoms with van der Waals surface area (Å²) in [5, 5.41) is 15.0. The van der Waals surface area contributed by atoms with E-state index in [9.17, 15) is 9.59 Å². The van der Waals surface area contributed by atoms with Crippen molar-refractivity contribution in [2.75, 3.05) is 38.2 Å². The van der Waals surface area contributed by atoms with Crippen molar-refractivity contribution < 1.29 is 19.4 Å². The highest BCUT2D eigenvalue weighted by molar-refractivity contribution is 6.01. The molecule has 3 N–H and O–H groups in total. The Hall–Kier alpha value is -3.13. The number of benzene rings is 1. The highest BCUT2D eigenvalue weighted by Crippen LogP contribution is 2.29. The summed E-state index contributed by atoms with van der Waals surface area (Å²) in [6, 6.07) is 11.1. The van der Waals surface area contributed by atoms with Crippen LogP contribution in [0.2, 0.25) is 0 Å². The minimum Gasteiger partial charge on any atom is -0.491 e. The molecule has 0 saturated heterocycles. The Labute approximate surface area is 195 Å². The van der Waals surface area contributed by atoms with Crippen molar-refractivity contribution in [1.29, 1.82) is 0 Å². The van der Waals surface area contributed by atoms with Crippen molar-refractivity contribution in [3.05, 3.63) is 48.2 Å². The van der Waals surface area contributed by atoms with Gasteiger partial charge in [-0.3, -0.25) is 9.59 Å². The van der Waals surface area contributed by atoms with Crippen LogP contribution in [0.4, 0.5) is 11.5 Å². The number of nitrogens with one attached hydrogen (secondary N) is 2. The van der Waals surface area contributed by atoms with Crippen LogP contribution >= 0.6 is 0 Å². The summed E-state index contributed by atoms with van der Waals surface area (Å²) >= 11 is 0. The number of fused-ring (bicyclic) bond motifs is 2. The summed E-state index contributed by atoms with van der Waals surface area (Å²) in [7, 11) is 0. The van der Waals surface area contributed by atoms with Gasteiger partial charge >= 0.3 is 0 Å². The Morgan fingerprint density at radius 2 is 1.94 bits per heavy atom. The van der Waals surface area contributed by atoms with Gasteiger partial charge in [-0.2, -0.15) is 0 Å². The number of carbonyl (C=O) groups is 2. The maximum atomic E-state index is 13.5. The third-order valence-electron chi connectivity index (χ3n) is 5.54. The van der Waals surface area contributed by atoms with Crippen molar-refractivity contribution in [1.82, 2.24) is 15.2 Å². The summed E-state index contributed by atoms with van der Waals surface area (Å²) in [5.74, 6) is 0.753. The first-order valence-electron chi connectivity index (χ1n) is 11.8. The first-order chi connectivity index (χ1) is 16.2. The first-order valence-corrected chi connectivity index (χ1v) is 11.8. The lowest BCUT2D eigenvalue weighted by Crippen LogP contribution is -2.41. The second-order valence-corrected chi connectivity index (χ2v) is 8.14. The predicted molar refractivity (Wildman–Crippen MR) is 128 cm³/mol. The third kappa shape index (κ3) is 7.75. The average Bonchev–Trinajstić information content (AvgIpc) is 2.83. The maximum absolute atomic E-state index is 13.5. The number of amides is 2. The molecule has 33 heavy (non-hydrogen) atoms. The van der Waals surface area contributed by atoms with Gasteiger partial charge in [0.2, 0.25) is 5.91 Å². The van der Waals surface area contributed by atoms with E-state index in [2.05, 4.69) is 15.6 Å². The van der Waals surface area contributed by atoms with Crippen molar-refractivity contribution in [2.45, 2.75) is 44.9 Å². The number of anilines is 2. The van der Waals surface area contributed by atoms with Gasteiger partial charge in [0, 0.05) is 25.9 Å². The van der Waals surface area contributed by atoms with E-state index in [1.54, 1.807) is 23.2 Å². The van der Waals surface area contributed by atoms with Gasteiger partial charge in [0.1, 0.15) is 11.6 Å². The zero-order valence-electron chi connectivity index (χ0n) is 19.1. The number of hydrogen-bond acceptors (Lipinski definition) is 6. The molecule has 1 aliphatic heterocycles. The summed E-state index contributed by atoms with van der Waals surface area (Å²) in [5.41, 5.74) is 1.16. The Kier molecular flexibility index (Phi) is 9.97. The molecular weight excluding hydrogens is 420 g/mol. The topological polar surface area (TPSA) is 104 Å². The number of nitrogens with zero attached hydrogens (tertiary/aromatic N) is 2. The molecule has 0 fully saturated rings. The highest BCUT2D eigenvalue weighted by atomic mass is 16.5. The molecule has 2 aromatic rings. The molecule has 0 atom stereocenters. The number of unbranched alkanes of at least 4 members (excludes halogenated alkanes) is 2. The minimum atomic E-state index is -0.225. The lowest BCUT2D eigenvalue weighted by Gasteiger charge is -2.24. The molecule has 8 heteroatoms. The molecule has 2 heterocycles. The summed E-state index contributed by atoms with van der Waals surface area (Å²) in [4.78, 5) is 32.0. The van der Waals surface area contributed by atoms with E-state index in [0.717, 1.165) is 56.4 Å². The quantitative estimate of drug-likeness (QED) is 0.553. The van der Waals surface area contributed by atoms with Crippen molar-refractivity contribution in [3.8, 4) is 5.75 Å². The van der Waals surface area contributed by atoms with Gasteiger partial charge in [-0.25, -0.2) is 4.98 Å². The van der Waals surface area contributed by atoms with E-state index in [1.807, 2.05) is 24.3 Å². The molecule has 3 rings (SSSR count). The van der Waals surface area contributed by atoms with Crippen LogP contribution in [0.3, 0.4) is 0 Å². The summed E-state index contributed by atoms with van der Waals surface area (Å²) < 4.78 is 5.96. The fourth-order valence-electron chi connectivity index (χ4n) is 3.73. The number of pyridine rings is 1. The zero-order chi connectivity index (χ0) is 23.3. The number of carbonyl (C=O) groups excluding carboxylic acids is 2. The summed E-state index contributed by atoms with van der Waals surface area (Å²) in [6.45, 7) is 1.83.